The number of hydrogen-bond acceptors (Lipinski definition) is 4. The number of amides is 1. The lowest BCUT2D eigenvalue weighted by atomic mass is 10.1. The highest BCUT2D eigenvalue weighted by atomic mass is 35.5. The average molecular weight is 408 g/mol. The Balaban J connectivity index is 0.00000261. The standard InChI is InChI=1S/C16H17F4N5O.ClH/c1-9-6-10(7-21)8-24(9)15(26)13-14(16(18,19)20)25(23-22-13)12-4-2-11(17)3-5-12;/h2-5,9-10H,6-8,21H2,1H3;1H. The van der Waals surface area contributed by atoms with Gasteiger partial charge in [0.1, 0.15) is 5.82 Å². The van der Waals surface area contributed by atoms with Gasteiger partial charge in [-0.05, 0) is 50.1 Å². The quantitative estimate of drug-likeness (QED) is 0.793. The number of likely N-dealkylation sites (tertiary alicyclic amines) is 1. The fourth-order valence-corrected chi connectivity index (χ4v) is 3.18. The first-order chi connectivity index (χ1) is 12.2. The molecule has 148 valence electrons. The summed E-state index contributed by atoms with van der Waals surface area (Å²) in [7, 11) is 0. The van der Waals surface area contributed by atoms with E-state index in [1.807, 2.05) is 0 Å². The van der Waals surface area contributed by atoms with Crippen LogP contribution in [0.5, 0.6) is 0 Å². The summed E-state index contributed by atoms with van der Waals surface area (Å²) in [5, 5.41) is 6.98. The highest BCUT2D eigenvalue weighted by molar-refractivity contribution is 5.94. The maximum atomic E-state index is 13.6. The molecular formula is C16H18ClF4N5O. The maximum Gasteiger partial charge on any atom is 0.435 e. The van der Waals surface area contributed by atoms with Gasteiger partial charge >= 0.3 is 6.18 Å². The fourth-order valence-electron chi connectivity index (χ4n) is 3.18. The van der Waals surface area contributed by atoms with Crippen LogP contribution in [0.3, 0.4) is 0 Å². The first-order valence-corrected chi connectivity index (χ1v) is 8.02. The van der Waals surface area contributed by atoms with E-state index in [1.165, 1.54) is 4.90 Å². The fraction of sp³-hybridized carbons (Fsp3) is 0.438. The Hall–Kier alpha value is -2.20. The highest BCUT2D eigenvalue weighted by Gasteiger charge is 2.44. The summed E-state index contributed by atoms with van der Waals surface area (Å²) in [5.74, 6) is -1.40. The van der Waals surface area contributed by atoms with Crippen LogP contribution in [0.4, 0.5) is 17.6 Å². The second kappa shape index (κ2) is 7.81. The molecule has 2 N–H and O–H groups in total. The number of carbonyl (C=O) groups excluding carboxylic acids is 1. The predicted molar refractivity (Wildman–Crippen MR) is 91.2 cm³/mol. The van der Waals surface area contributed by atoms with Crippen molar-refractivity contribution in [3.63, 3.8) is 0 Å². The molecule has 2 atom stereocenters. The monoisotopic (exact) mass is 407 g/mol. The minimum atomic E-state index is -4.86. The molecule has 3 rings (SSSR count). The number of halogens is 5. The van der Waals surface area contributed by atoms with Crippen molar-refractivity contribution in [3.8, 4) is 5.69 Å². The van der Waals surface area contributed by atoms with Crippen LogP contribution in [0.1, 0.15) is 29.5 Å². The number of hydrogen-bond donors (Lipinski definition) is 1. The van der Waals surface area contributed by atoms with E-state index in [2.05, 4.69) is 10.3 Å². The molecule has 2 heterocycles. The Morgan fingerprint density at radius 3 is 2.44 bits per heavy atom. The molecule has 6 nitrogen and oxygen atoms in total. The molecule has 1 aliphatic rings. The van der Waals surface area contributed by atoms with Gasteiger partial charge in [-0.3, -0.25) is 4.79 Å². The molecule has 27 heavy (non-hydrogen) atoms. The van der Waals surface area contributed by atoms with E-state index in [1.54, 1.807) is 6.92 Å². The molecule has 0 spiro atoms. The highest BCUT2D eigenvalue weighted by Crippen LogP contribution is 2.34. The Labute approximate surface area is 158 Å². The zero-order valence-corrected chi connectivity index (χ0v) is 15.1. The third-order valence-electron chi connectivity index (χ3n) is 4.47. The van der Waals surface area contributed by atoms with Gasteiger partial charge in [0.2, 0.25) is 0 Å². The molecule has 1 saturated heterocycles. The Bertz CT molecular complexity index is 808. The number of nitrogens with zero attached hydrogens (tertiary/aromatic N) is 4. The number of alkyl halides is 3. The average Bonchev–Trinajstić information content (AvgIpc) is 3.18. The second-order valence-electron chi connectivity index (χ2n) is 6.32. The van der Waals surface area contributed by atoms with Gasteiger partial charge < -0.3 is 10.6 Å². The van der Waals surface area contributed by atoms with Crippen LogP contribution in [0.25, 0.3) is 5.69 Å². The number of carbonyl (C=O) groups is 1. The van der Waals surface area contributed by atoms with E-state index in [0.717, 1.165) is 24.3 Å². The van der Waals surface area contributed by atoms with Crippen LogP contribution in [0.15, 0.2) is 24.3 Å². The van der Waals surface area contributed by atoms with E-state index in [0.29, 0.717) is 17.6 Å². The smallest absolute Gasteiger partial charge is 0.334 e. The maximum absolute atomic E-state index is 13.6. The van der Waals surface area contributed by atoms with Crippen molar-refractivity contribution in [2.75, 3.05) is 13.1 Å². The topological polar surface area (TPSA) is 77.0 Å². The van der Waals surface area contributed by atoms with Crippen LogP contribution in [-0.4, -0.2) is 44.9 Å². The van der Waals surface area contributed by atoms with Crippen molar-refractivity contribution >= 4 is 18.3 Å². The third-order valence-corrected chi connectivity index (χ3v) is 4.47. The van der Waals surface area contributed by atoms with Gasteiger partial charge in [-0.2, -0.15) is 13.2 Å². The van der Waals surface area contributed by atoms with E-state index >= 15 is 0 Å². The number of aromatic nitrogens is 3. The van der Waals surface area contributed by atoms with Gasteiger partial charge in [-0.15, -0.1) is 17.5 Å². The summed E-state index contributed by atoms with van der Waals surface area (Å²) < 4.78 is 54.4. The van der Waals surface area contributed by atoms with E-state index in [4.69, 9.17) is 5.73 Å². The van der Waals surface area contributed by atoms with Crippen molar-refractivity contribution < 1.29 is 22.4 Å². The van der Waals surface area contributed by atoms with Gasteiger partial charge in [0.15, 0.2) is 11.4 Å². The lowest BCUT2D eigenvalue weighted by Gasteiger charge is -2.21. The number of rotatable bonds is 3. The van der Waals surface area contributed by atoms with Crippen LogP contribution in [-0.2, 0) is 6.18 Å². The van der Waals surface area contributed by atoms with Crippen LogP contribution in [0, 0.1) is 11.7 Å². The van der Waals surface area contributed by atoms with Crippen molar-refractivity contribution in [3.05, 3.63) is 41.5 Å². The van der Waals surface area contributed by atoms with Gasteiger partial charge in [0.25, 0.3) is 5.91 Å². The van der Waals surface area contributed by atoms with Crippen molar-refractivity contribution in [2.45, 2.75) is 25.6 Å². The predicted octanol–water partition coefficient (Wildman–Crippen LogP) is 2.66. The summed E-state index contributed by atoms with van der Waals surface area (Å²) in [4.78, 5) is 14.0. The summed E-state index contributed by atoms with van der Waals surface area (Å²) in [6.45, 7) is 2.38. The molecule has 1 aliphatic heterocycles. The van der Waals surface area contributed by atoms with E-state index in [-0.39, 0.29) is 36.6 Å². The molecule has 0 bridgehead atoms. The van der Waals surface area contributed by atoms with Gasteiger partial charge in [0, 0.05) is 12.6 Å². The molecule has 1 fully saturated rings. The van der Waals surface area contributed by atoms with Crippen LogP contribution < -0.4 is 5.73 Å². The Kier molecular flexibility index (Phi) is 6.10. The van der Waals surface area contributed by atoms with Gasteiger partial charge in [-0.25, -0.2) is 9.07 Å². The summed E-state index contributed by atoms with van der Waals surface area (Å²) in [6, 6.07) is 4.04. The molecule has 11 heteroatoms. The lowest BCUT2D eigenvalue weighted by Crippen LogP contribution is -2.36. The minimum absolute atomic E-state index is 0. The number of benzene rings is 1. The zero-order valence-electron chi connectivity index (χ0n) is 14.3. The van der Waals surface area contributed by atoms with Crippen molar-refractivity contribution in [1.82, 2.24) is 19.9 Å². The Morgan fingerprint density at radius 1 is 1.30 bits per heavy atom. The summed E-state index contributed by atoms with van der Waals surface area (Å²) in [5.41, 5.74) is 3.51. The third kappa shape index (κ3) is 4.06. The normalized spacial score (nSPS) is 19.9. The molecule has 0 radical (unpaired) electrons. The lowest BCUT2D eigenvalue weighted by molar-refractivity contribution is -0.143. The zero-order chi connectivity index (χ0) is 19.1. The SMILES string of the molecule is CC1CC(CN)CN1C(=O)c1nnn(-c2ccc(F)cc2)c1C(F)(F)F.Cl. The van der Waals surface area contributed by atoms with Crippen molar-refractivity contribution in [1.29, 1.82) is 0 Å². The molecule has 2 unspecified atom stereocenters. The largest absolute Gasteiger partial charge is 0.435 e. The van der Waals surface area contributed by atoms with Gasteiger partial charge in [-0.1, -0.05) is 5.21 Å². The second-order valence-corrected chi connectivity index (χ2v) is 6.32. The summed E-state index contributed by atoms with van der Waals surface area (Å²) >= 11 is 0. The molecule has 2 aromatic rings. The molecule has 0 saturated carbocycles. The summed E-state index contributed by atoms with van der Waals surface area (Å²) in [6.07, 6.45) is -4.24. The molecule has 0 aliphatic carbocycles. The minimum Gasteiger partial charge on any atom is -0.334 e. The Morgan fingerprint density at radius 2 is 1.93 bits per heavy atom. The van der Waals surface area contributed by atoms with Crippen LogP contribution in [0.2, 0.25) is 0 Å². The van der Waals surface area contributed by atoms with Gasteiger partial charge in [0.05, 0.1) is 5.69 Å². The first kappa shape index (κ1) is 21.1. The molecule has 1 aromatic carbocycles. The molecule has 1 amide bonds. The first-order valence-electron chi connectivity index (χ1n) is 8.02. The van der Waals surface area contributed by atoms with Crippen LogP contribution >= 0.6 is 12.4 Å². The van der Waals surface area contributed by atoms with E-state index in [9.17, 15) is 22.4 Å². The van der Waals surface area contributed by atoms with Crippen molar-refractivity contribution in [2.24, 2.45) is 11.7 Å². The number of nitrogens with two attached hydrogens (primary N) is 1. The molecule has 1 aromatic heterocycles. The van der Waals surface area contributed by atoms with E-state index < -0.39 is 29.3 Å². The molecular weight excluding hydrogens is 390 g/mol.